The molecule has 0 saturated carbocycles. The van der Waals surface area contributed by atoms with E-state index in [9.17, 15) is 24.5 Å². The summed E-state index contributed by atoms with van der Waals surface area (Å²) in [5.74, 6) is -1.73. The van der Waals surface area contributed by atoms with Crippen molar-refractivity contribution in [3.8, 4) is 0 Å². The summed E-state index contributed by atoms with van der Waals surface area (Å²) in [7, 11) is 3.32. The lowest BCUT2D eigenvalue weighted by molar-refractivity contribution is -0.384. The van der Waals surface area contributed by atoms with Crippen LogP contribution in [0.5, 0.6) is 0 Å². The third-order valence-corrected chi connectivity index (χ3v) is 4.43. The molecule has 1 aliphatic rings. The molecule has 148 valence electrons. The number of nitro groups is 1. The molecule has 1 N–H and O–H groups in total. The number of carbonyl (C=O) groups excluding carboxylic acids is 3. The Kier molecular flexibility index (Phi) is 5.33. The highest BCUT2D eigenvalue weighted by molar-refractivity contribution is 6.39. The van der Waals surface area contributed by atoms with Crippen molar-refractivity contribution in [2.75, 3.05) is 23.9 Å². The van der Waals surface area contributed by atoms with Gasteiger partial charge in [-0.2, -0.15) is 0 Å². The highest BCUT2D eigenvalue weighted by Crippen LogP contribution is 2.29. The fourth-order valence-electron chi connectivity index (χ4n) is 2.80. The van der Waals surface area contributed by atoms with E-state index in [4.69, 9.17) is 11.6 Å². The summed E-state index contributed by atoms with van der Waals surface area (Å²) in [6.45, 7) is 0. The number of carbonyl (C=O) groups is 3. The normalized spacial score (nSPS) is 15.5. The lowest BCUT2D eigenvalue weighted by Crippen LogP contribution is -2.54. The van der Waals surface area contributed by atoms with E-state index in [2.05, 4.69) is 5.32 Å². The van der Waals surface area contributed by atoms with Gasteiger partial charge in [-0.05, 0) is 42.0 Å². The first-order valence-corrected chi connectivity index (χ1v) is 8.69. The van der Waals surface area contributed by atoms with Crippen molar-refractivity contribution >= 4 is 52.6 Å². The lowest BCUT2D eigenvalue weighted by atomic mass is 10.1. The quantitative estimate of drug-likeness (QED) is 0.356. The van der Waals surface area contributed by atoms with Crippen LogP contribution in [0, 0.1) is 10.1 Å². The Morgan fingerprint density at radius 2 is 1.76 bits per heavy atom. The van der Waals surface area contributed by atoms with Crippen molar-refractivity contribution in [1.29, 1.82) is 0 Å². The summed E-state index contributed by atoms with van der Waals surface area (Å²) in [4.78, 5) is 50.4. The van der Waals surface area contributed by atoms with Crippen LogP contribution in [0.3, 0.4) is 0 Å². The number of urea groups is 1. The molecule has 9 nitrogen and oxygen atoms in total. The van der Waals surface area contributed by atoms with Crippen LogP contribution in [0.4, 0.5) is 21.9 Å². The van der Waals surface area contributed by atoms with Gasteiger partial charge >= 0.3 is 6.03 Å². The molecule has 1 fully saturated rings. The molecule has 0 aromatic heterocycles. The maximum absolute atomic E-state index is 12.8. The van der Waals surface area contributed by atoms with Crippen molar-refractivity contribution in [3.63, 3.8) is 0 Å². The van der Waals surface area contributed by atoms with Gasteiger partial charge in [0, 0.05) is 25.2 Å². The van der Waals surface area contributed by atoms with Gasteiger partial charge in [-0.25, -0.2) is 9.69 Å². The number of imide groups is 2. The second-order valence-electron chi connectivity index (χ2n) is 6.33. The fraction of sp³-hybridized carbons (Fsp3) is 0.105. The van der Waals surface area contributed by atoms with Gasteiger partial charge in [0.1, 0.15) is 11.3 Å². The Labute approximate surface area is 170 Å². The topological polar surface area (TPSA) is 113 Å². The van der Waals surface area contributed by atoms with Crippen molar-refractivity contribution in [1.82, 2.24) is 5.32 Å². The minimum atomic E-state index is -0.895. The van der Waals surface area contributed by atoms with Crippen molar-refractivity contribution in [2.24, 2.45) is 0 Å². The number of hydrogen-bond acceptors (Lipinski definition) is 6. The Balaban J connectivity index is 2.04. The number of amides is 4. The Morgan fingerprint density at radius 1 is 1.10 bits per heavy atom. The highest BCUT2D eigenvalue weighted by Gasteiger charge is 2.36. The molecular formula is C19H15ClN4O5. The number of nitrogens with one attached hydrogen (secondary N) is 1. The zero-order chi connectivity index (χ0) is 21.3. The summed E-state index contributed by atoms with van der Waals surface area (Å²) in [6, 6.07) is 9.34. The number of rotatable bonds is 4. The zero-order valence-corrected chi connectivity index (χ0v) is 16.1. The molecule has 29 heavy (non-hydrogen) atoms. The molecule has 10 heteroatoms. The number of nitro benzene ring substituents is 1. The third-order valence-electron chi connectivity index (χ3n) is 4.18. The first-order valence-electron chi connectivity index (χ1n) is 8.32. The van der Waals surface area contributed by atoms with Gasteiger partial charge < -0.3 is 4.90 Å². The molecule has 2 aromatic carbocycles. The third kappa shape index (κ3) is 3.94. The fourth-order valence-corrected chi connectivity index (χ4v) is 2.93. The number of halogens is 1. The molecule has 1 aliphatic heterocycles. The van der Waals surface area contributed by atoms with E-state index in [1.54, 1.807) is 25.1 Å². The summed E-state index contributed by atoms with van der Waals surface area (Å²) in [5.41, 5.74) is 0.357. The van der Waals surface area contributed by atoms with Crippen LogP contribution >= 0.6 is 11.6 Å². The van der Waals surface area contributed by atoms with Crippen molar-refractivity contribution < 1.29 is 19.3 Å². The Hall–Kier alpha value is -3.72. The van der Waals surface area contributed by atoms with Gasteiger partial charge in [-0.1, -0.05) is 17.7 Å². The van der Waals surface area contributed by atoms with Crippen LogP contribution in [-0.2, 0) is 9.59 Å². The Morgan fingerprint density at radius 3 is 2.34 bits per heavy atom. The molecule has 1 heterocycles. The van der Waals surface area contributed by atoms with E-state index in [0.29, 0.717) is 10.7 Å². The predicted octanol–water partition coefficient (Wildman–Crippen LogP) is 2.98. The van der Waals surface area contributed by atoms with Crippen molar-refractivity contribution in [3.05, 3.63) is 68.7 Å². The zero-order valence-electron chi connectivity index (χ0n) is 15.4. The molecule has 4 amide bonds. The SMILES string of the molecule is CN(C)c1ccc(C=C2C(=O)NC(=O)N(c3ccc(Cl)cc3)C2=O)cc1[N+](=O)[O-]. The van der Waals surface area contributed by atoms with Gasteiger partial charge in [0.05, 0.1) is 10.6 Å². The van der Waals surface area contributed by atoms with Gasteiger partial charge in [-0.15, -0.1) is 0 Å². The molecule has 0 bridgehead atoms. The number of anilines is 2. The summed E-state index contributed by atoms with van der Waals surface area (Å²) >= 11 is 5.83. The molecular weight excluding hydrogens is 400 g/mol. The smallest absolute Gasteiger partial charge is 0.335 e. The molecule has 2 aromatic rings. The van der Waals surface area contributed by atoms with E-state index < -0.39 is 22.8 Å². The molecule has 0 spiro atoms. The largest absolute Gasteiger partial charge is 0.372 e. The van der Waals surface area contributed by atoms with E-state index in [0.717, 1.165) is 4.90 Å². The number of benzene rings is 2. The second kappa shape index (κ2) is 7.72. The second-order valence-corrected chi connectivity index (χ2v) is 6.77. The van der Waals surface area contributed by atoms with Gasteiger partial charge in [0.25, 0.3) is 17.5 Å². The minimum Gasteiger partial charge on any atom is -0.372 e. The van der Waals surface area contributed by atoms with Gasteiger partial charge in [0.15, 0.2) is 0 Å². The predicted molar refractivity (Wildman–Crippen MR) is 108 cm³/mol. The summed E-state index contributed by atoms with van der Waals surface area (Å²) in [6.07, 6.45) is 1.21. The van der Waals surface area contributed by atoms with E-state index in [-0.39, 0.29) is 22.5 Å². The lowest BCUT2D eigenvalue weighted by Gasteiger charge is -2.26. The monoisotopic (exact) mass is 414 g/mol. The van der Waals surface area contributed by atoms with Gasteiger partial charge in [0.2, 0.25) is 0 Å². The molecule has 0 atom stereocenters. The maximum Gasteiger partial charge on any atom is 0.335 e. The van der Waals surface area contributed by atoms with E-state index in [1.165, 1.54) is 42.5 Å². The van der Waals surface area contributed by atoms with Crippen LogP contribution < -0.4 is 15.1 Å². The molecule has 0 radical (unpaired) electrons. The molecule has 0 aliphatic carbocycles. The van der Waals surface area contributed by atoms with Crippen LogP contribution in [0.15, 0.2) is 48.0 Å². The number of hydrogen-bond donors (Lipinski definition) is 1. The average molecular weight is 415 g/mol. The average Bonchev–Trinajstić information content (AvgIpc) is 2.66. The summed E-state index contributed by atoms with van der Waals surface area (Å²) < 4.78 is 0. The van der Waals surface area contributed by atoms with E-state index >= 15 is 0 Å². The summed E-state index contributed by atoms with van der Waals surface area (Å²) in [5, 5.41) is 13.9. The molecule has 3 rings (SSSR count). The number of nitrogens with zero attached hydrogens (tertiary/aromatic N) is 3. The number of barbiturate groups is 1. The highest BCUT2D eigenvalue weighted by atomic mass is 35.5. The standard InChI is InChI=1S/C19H15ClN4O5/c1-22(2)15-8-3-11(10-16(15)24(28)29)9-14-17(25)21-19(27)23(18(14)26)13-6-4-12(20)5-7-13/h3-10H,1-2H3,(H,21,25,27). The maximum atomic E-state index is 12.8. The van der Waals surface area contributed by atoms with Gasteiger partial charge in [-0.3, -0.25) is 25.0 Å². The van der Waals surface area contributed by atoms with Crippen LogP contribution in [0.25, 0.3) is 6.08 Å². The minimum absolute atomic E-state index is 0.182. The Bertz CT molecular complexity index is 1060. The molecule has 1 saturated heterocycles. The van der Waals surface area contributed by atoms with E-state index in [1.807, 2.05) is 0 Å². The molecule has 0 unspecified atom stereocenters. The first-order chi connectivity index (χ1) is 13.7. The van der Waals surface area contributed by atoms with Crippen LogP contribution in [0.2, 0.25) is 5.02 Å². The van der Waals surface area contributed by atoms with Crippen LogP contribution in [-0.4, -0.2) is 36.9 Å². The van der Waals surface area contributed by atoms with Crippen LogP contribution in [0.1, 0.15) is 5.56 Å². The van der Waals surface area contributed by atoms with Crippen molar-refractivity contribution in [2.45, 2.75) is 0 Å². The first kappa shape index (κ1) is 20.0.